The zero-order valence-electron chi connectivity index (χ0n) is 11.1. The fourth-order valence-corrected chi connectivity index (χ4v) is 1.64. The van der Waals surface area contributed by atoms with Crippen LogP contribution in [0.1, 0.15) is 12.0 Å². The molecule has 0 aromatic carbocycles. The molecule has 0 aliphatic carbocycles. The second kappa shape index (κ2) is 7.25. The van der Waals surface area contributed by atoms with Crippen molar-refractivity contribution in [2.75, 3.05) is 33.7 Å². The van der Waals surface area contributed by atoms with Crippen LogP contribution in [-0.2, 0) is 6.54 Å². The van der Waals surface area contributed by atoms with E-state index < -0.39 is 0 Å². The predicted molar refractivity (Wildman–Crippen MR) is 71.5 cm³/mol. The molecule has 0 aliphatic rings. The maximum absolute atomic E-state index is 11.6. The van der Waals surface area contributed by atoms with Gasteiger partial charge in [0.05, 0.1) is 0 Å². The molecule has 0 amide bonds. The van der Waals surface area contributed by atoms with E-state index in [2.05, 4.69) is 24.3 Å². The van der Waals surface area contributed by atoms with Crippen LogP contribution in [0, 0.1) is 6.92 Å². The largest absolute Gasteiger partial charge is 0.315 e. The van der Waals surface area contributed by atoms with Crippen LogP contribution in [0.15, 0.2) is 23.1 Å². The second-order valence-electron chi connectivity index (χ2n) is 4.64. The standard InChI is InChI=1S/C13H23N3O/c1-12-5-9-16(13(17)11-12)10-7-14-6-4-8-15(2)3/h5,9,11,14H,4,6-8,10H2,1-3H3. The lowest BCUT2D eigenvalue weighted by Gasteiger charge is -2.10. The molecule has 1 aromatic heterocycles. The summed E-state index contributed by atoms with van der Waals surface area (Å²) in [5.41, 5.74) is 1.10. The van der Waals surface area contributed by atoms with Crippen molar-refractivity contribution in [2.45, 2.75) is 19.9 Å². The molecule has 1 heterocycles. The summed E-state index contributed by atoms with van der Waals surface area (Å²) >= 11 is 0. The summed E-state index contributed by atoms with van der Waals surface area (Å²) in [4.78, 5) is 13.8. The van der Waals surface area contributed by atoms with E-state index in [9.17, 15) is 4.79 Å². The Morgan fingerprint density at radius 3 is 2.76 bits per heavy atom. The lowest BCUT2D eigenvalue weighted by atomic mass is 10.3. The zero-order chi connectivity index (χ0) is 12.7. The van der Waals surface area contributed by atoms with Crippen LogP contribution in [0.25, 0.3) is 0 Å². The van der Waals surface area contributed by atoms with Crippen molar-refractivity contribution >= 4 is 0 Å². The molecule has 0 aliphatic heterocycles. The number of hydrogen-bond donors (Lipinski definition) is 1. The van der Waals surface area contributed by atoms with E-state index in [4.69, 9.17) is 0 Å². The van der Waals surface area contributed by atoms with E-state index in [0.717, 1.165) is 38.2 Å². The molecule has 0 bridgehead atoms. The van der Waals surface area contributed by atoms with Gasteiger partial charge >= 0.3 is 0 Å². The highest BCUT2D eigenvalue weighted by Gasteiger charge is 1.95. The Hall–Kier alpha value is -1.13. The van der Waals surface area contributed by atoms with Gasteiger partial charge in [-0.3, -0.25) is 4.79 Å². The van der Waals surface area contributed by atoms with Gasteiger partial charge in [-0.2, -0.15) is 0 Å². The Morgan fingerprint density at radius 1 is 1.35 bits per heavy atom. The number of aromatic nitrogens is 1. The van der Waals surface area contributed by atoms with Crippen molar-refractivity contribution in [2.24, 2.45) is 0 Å². The Kier molecular flexibility index (Phi) is 5.94. The molecule has 1 aromatic rings. The number of hydrogen-bond acceptors (Lipinski definition) is 3. The van der Waals surface area contributed by atoms with E-state index in [1.54, 1.807) is 10.6 Å². The van der Waals surface area contributed by atoms with Gasteiger partial charge in [0.25, 0.3) is 5.56 Å². The van der Waals surface area contributed by atoms with E-state index in [-0.39, 0.29) is 5.56 Å². The summed E-state index contributed by atoms with van der Waals surface area (Å²) < 4.78 is 1.74. The van der Waals surface area contributed by atoms with Gasteiger partial charge in [-0.15, -0.1) is 0 Å². The van der Waals surface area contributed by atoms with Crippen molar-refractivity contribution in [3.05, 3.63) is 34.2 Å². The van der Waals surface area contributed by atoms with Gasteiger partial charge < -0.3 is 14.8 Å². The summed E-state index contributed by atoms with van der Waals surface area (Å²) in [6.45, 7) is 5.61. The quantitative estimate of drug-likeness (QED) is 0.709. The Labute approximate surface area is 103 Å². The molecule has 4 nitrogen and oxygen atoms in total. The molecule has 96 valence electrons. The van der Waals surface area contributed by atoms with Gasteiger partial charge in [0.2, 0.25) is 0 Å². The van der Waals surface area contributed by atoms with Crippen LogP contribution in [0.3, 0.4) is 0 Å². The first kappa shape index (κ1) is 13.9. The minimum absolute atomic E-state index is 0.0834. The topological polar surface area (TPSA) is 37.3 Å². The van der Waals surface area contributed by atoms with E-state index in [1.807, 2.05) is 19.2 Å². The van der Waals surface area contributed by atoms with Gasteiger partial charge in [-0.05, 0) is 52.2 Å². The third-order valence-electron chi connectivity index (χ3n) is 2.64. The van der Waals surface area contributed by atoms with E-state index >= 15 is 0 Å². The van der Waals surface area contributed by atoms with Crippen LogP contribution in [0.5, 0.6) is 0 Å². The van der Waals surface area contributed by atoms with Gasteiger partial charge in [0.15, 0.2) is 0 Å². The third-order valence-corrected chi connectivity index (χ3v) is 2.64. The van der Waals surface area contributed by atoms with Crippen LogP contribution in [0.4, 0.5) is 0 Å². The number of rotatable bonds is 7. The molecule has 0 unspecified atom stereocenters. The second-order valence-corrected chi connectivity index (χ2v) is 4.64. The first-order chi connectivity index (χ1) is 8.09. The van der Waals surface area contributed by atoms with Crippen LogP contribution in [0.2, 0.25) is 0 Å². The minimum atomic E-state index is 0.0834. The molecular formula is C13H23N3O. The van der Waals surface area contributed by atoms with Crippen LogP contribution in [-0.4, -0.2) is 43.2 Å². The number of aryl methyl sites for hydroxylation is 1. The predicted octanol–water partition coefficient (Wildman–Crippen LogP) is 0.698. The number of nitrogens with zero attached hydrogens (tertiary/aromatic N) is 2. The maximum atomic E-state index is 11.6. The SMILES string of the molecule is Cc1ccn(CCNCCCN(C)C)c(=O)c1. The third kappa shape index (κ3) is 5.65. The number of nitrogens with one attached hydrogen (secondary N) is 1. The lowest BCUT2D eigenvalue weighted by Crippen LogP contribution is -2.28. The highest BCUT2D eigenvalue weighted by atomic mass is 16.1. The molecule has 1 rings (SSSR count). The molecule has 4 heteroatoms. The smallest absolute Gasteiger partial charge is 0.250 e. The van der Waals surface area contributed by atoms with Crippen molar-refractivity contribution in [1.82, 2.24) is 14.8 Å². The Bertz CT molecular complexity index is 384. The van der Waals surface area contributed by atoms with Crippen LogP contribution >= 0.6 is 0 Å². The molecular weight excluding hydrogens is 214 g/mol. The van der Waals surface area contributed by atoms with Gasteiger partial charge in [0.1, 0.15) is 0 Å². The van der Waals surface area contributed by atoms with Crippen LogP contribution < -0.4 is 10.9 Å². The van der Waals surface area contributed by atoms with E-state index in [0.29, 0.717) is 0 Å². The van der Waals surface area contributed by atoms with Gasteiger partial charge in [-0.25, -0.2) is 0 Å². The van der Waals surface area contributed by atoms with Gasteiger partial charge in [-0.1, -0.05) is 0 Å². The molecule has 1 N–H and O–H groups in total. The normalized spacial score (nSPS) is 11.1. The summed E-state index contributed by atoms with van der Waals surface area (Å²) in [6.07, 6.45) is 3.00. The fraction of sp³-hybridized carbons (Fsp3) is 0.615. The van der Waals surface area contributed by atoms with Crippen molar-refractivity contribution < 1.29 is 0 Å². The molecule has 0 fully saturated rings. The van der Waals surface area contributed by atoms with Gasteiger partial charge in [0, 0.05) is 25.4 Å². The molecule has 0 atom stereocenters. The first-order valence-corrected chi connectivity index (χ1v) is 6.12. The summed E-state index contributed by atoms with van der Waals surface area (Å²) in [5.74, 6) is 0. The number of pyridine rings is 1. The minimum Gasteiger partial charge on any atom is -0.315 e. The Morgan fingerprint density at radius 2 is 2.12 bits per heavy atom. The molecule has 0 spiro atoms. The highest BCUT2D eigenvalue weighted by Crippen LogP contribution is 1.90. The highest BCUT2D eigenvalue weighted by molar-refractivity contribution is 5.07. The van der Waals surface area contributed by atoms with Crippen molar-refractivity contribution in [1.29, 1.82) is 0 Å². The molecule has 17 heavy (non-hydrogen) atoms. The molecule has 0 radical (unpaired) electrons. The van der Waals surface area contributed by atoms with Crippen molar-refractivity contribution in [3.63, 3.8) is 0 Å². The summed E-state index contributed by atoms with van der Waals surface area (Å²) in [7, 11) is 4.15. The Balaban J connectivity index is 2.20. The lowest BCUT2D eigenvalue weighted by molar-refractivity contribution is 0.393. The average molecular weight is 237 g/mol. The molecule has 0 saturated carbocycles. The average Bonchev–Trinajstić information content (AvgIpc) is 2.25. The summed E-state index contributed by atoms with van der Waals surface area (Å²) in [6, 6.07) is 3.64. The fourth-order valence-electron chi connectivity index (χ4n) is 1.64. The maximum Gasteiger partial charge on any atom is 0.250 e. The zero-order valence-corrected chi connectivity index (χ0v) is 11.1. The first-order valence-electron chi connectivity index (χ1n) is 6.12. The monoisotopic (exact) mass is 237 g/mol. The van der Waals surface area contributed by atoms with Crippen molar-refractivity contribution in [3.8, 4) is 0 Å². The van der Waals surface area contributed by atoms with E-state index in [1.165, 1.54) is 0 Å². The molecule has 0 saturated heterocycles. The summed E-state index contributed by atoms with van der Waals surface area (Å²) in [5, 5.41) is 3.34.